The molecule has 2 nitrogen and oxygen atoms in total. The number of ether oxygens (including phenoxy) is 1. The van der Waals surface area contributed by atoms with Crippen LogP contribution in [0.3, 0.4) is 0 Å². The minimum absolute atomic E-state index is 0.0512. The second-order valence-corrected chi connectivity index (χ2v) is 5.21. The molecule has 0 atom stereocenters. The Balaban J connectivity index is 2.42. The molecule has 20 heavy (non-hydrogen) atoms. The summed E-state index contributed by atoms with van der Waals surface area (Å²) in [7, 11) is 0. The van der Waals surface area contributed by atoms with Gasteiger partial charge in [-0.1, -0.05) is 57.0 Å². The second kappa shape index (κ2) is 6.56. The molecule has 106 valence electrons. The third-order valence-corrected chi connectivity index (χ3v) is 3.88. The lowest BCUT2D eigenvalue weighted by atomic mass is 10.0. The van der Waals surface area contributed by atoms with E-state index in [9.17, 15) is 4.79 Å². The van der Waals surface area contributed by atoms with E-state index in [4.69, 9.17) is 4.74 Å². The molecule has 0 aliphatic carbocycles. The maximum atomic E-state index is 11.8. The van der Waals surface area contributed by atoms with E-state index in [-0.39, 0.29) is 5.78 Å². The fourth-order valence-corrected chi connectivity index (χ4v) is 2.40. The molecule has 2 rings (SSSR count). The number of hydrogen-bond donors (Lipinski definition) is 0. The second-order valence-electron chi connectivity index (χ2n) is 5.21. The third-order valence-electron chi connectivity index (χ3n) is 3.88. The highest BCUT2D eigenvalue weighted by Gasteiger charge is 2.14. The van der Waals surface area contributed by atoms with Crippen molar-refractivity contribution in [2.75, 3.05) is 6.61 Å². The predicted molar refractivity (Wildman–Crippen MR) is 83.5 cm³/mol. The SMILES string of the molecule is CCC(CC)COc1c(C(C)=O)ccc2ccccc12. The smallest absolute Gasteiger partial charge is 0.163 e. The highest BCUT2D eigenvalue weighted by atomic mass is 16.5. The van der Waals surface area contributed by atoms with Crippen LogP contribution in [0.1, 0.15) is 44.0 Å². The Morgan fingerprint density at radius 3 is 2.45 bits per heavy atom. The lowest BCUT2D eigenvalue weighted by Gasteiger charge is -2.17. The van der Waals surface area contributed by atoms with Gasteiger partial charge in [-0.3, -0.25) is 4.79 Å². The summed E-state index contributed by atoms with van der Waals surface area (Å²) in [5.41, 5.74) is 0.676. The third kappa shape index (κ3) is 3.01. The van der Waals surface area contributed by atoms with E-state index in [1.54, 1.807) is 6.92 Å². The van der Waals surface area contributed by atoms with Crippen LogP contribution in [-0.4, -0.2) is 12.4 Å². The summed E-state index contributed by atoms with van der Waals surface area (Å²) >= 11 is 0. The fraction of sp³-hybridized carbons (Fsp3) is 0.389. The molecule has 0 saturated carbocycles. The molecule has 0 bridgehead atoms. The standard InChI is InChI=1S/C18H22O2/c1-4-14(5-2)12-20-18-16(13(3)19)11-10-15-8-6-7-9-17(15)18/h6-11,14H,4-5,12H2,1-3H3. The van der Waals surface area contributed by atoms with E-state index in [0.29, 0.717) is 18.1 Å². The average Bonchev–Trinajstić information content (AvgIpc) is 2.47. The zero-order chi connectivity index (χ0) is 14.5. The van der Waals surface area contributed by atoms with Crippen molar-refractivity contribution in [2.24, 2.45) is 5.92 Å². The van der Waals surface area contributed by atoms with Gasteiger partial charge >= 0.3 is 0 Å². The molecule has 0 aliphatic rings. The predicted octanol–water partition coefficient (Wildman–Crippen LogP) is 4.86. The Labute approximate surface area is 120 Å². The monoisotopic (exact) mass is 270 g/mol. The number of ketones is 1. The molecule has 0 amide bonds. The summed E-state index contributed by atoms with van der Waals surface area (Å²) in [4.78, 5) is 11.8. The largest absolute Gasteiger partial charge is 0.492 e. The van der Waals surface area contributed by atoms with Gasteiger partial charge < -0.3 is 4.74 Å². The maximum Gasteiger partial charge on any atom is 0.163 e. The summed E-state index contributed by atoms with van der Waals surface area (Å²) < 4.78 is 6.03. The first-order valence-electron chi connectivity index (χ1n) is 7.32. The Hall–Kier alpha value is -1.83. The Bertz CT molecular complexity index is 597. The minimum Gasteiger partial charge on any atom is -0.492 e. The average molecular weight is 270 g/mol. The quantitative estimate of drug-likeness (QED) is 0.701. The first kappa shape index (κ1) is 14.6. The normalized spacial score (nSPS) is 11.0. The van der Waals surface area contributed by atoms with E-state index >= 15 is 0 Å². The molecule has 2 aromatic rings. The molecule has 0 aromatic heterocycles. The van der Waals surface area contributed by atoms with Crippen LogP contribution in [0.5, 0.6) is 5.75 Å². The van der Waals surface area contributed by atoms with Crippen molar-refractivity contribution in [3.05, 3.63) is 42.0 Å². The topological polar surface area (TPSA) is 26.3 Å². The molecule has 0 N–H and O–H groups in total. The minimum atomic E-state index is 0.0512. The lowest BCUT2D eigenvalue weighted by molar-refractivity contribution is 0.101. The van der Waals surface area contributed by atoms with E-state index in [1.807, 2.05) is 36.4 Å². The number of benzene rings is 2. The molecule has 0 unspecified atom stereocenters. The number of carbonyl (C=O) groups excluding carboxylic acids is 1. The van der Waals surface area contributed by atoms with Gasteiger partial charge in [0, 0.05) is 5.39 Å². The molecular formula is C18H22O2. The molecule has 0 radical (unpaired) electrons. The summed E-state index contributed by atoms with van der Waals surface area (Å²) in [5, 5.41) is 2.13. The maximum absolute atomic E-state index is 11.8. The van der Waals surface area contributed by atoms with Crippen LogP contribution in [0.15, 0.2) is 36.4 Å². The van der Waals surface area contributed by atoms with Gasteiger partial charge in [0.1, 0.15) is 5.75 Å². The summed E-state index contributed by atoms with van der Waals surface area (Å²) in [6.07, 6.45) is 2.19. The Morgan fingerprint density at radius 2 is 1.80 bits per heavy atom. The van der Waals surface area contributed by atoms with Gasteiger partial charge in [0.05, 0.1) is 12.2 Å². The van der Waals surface area contributed by atoms with Crippen molar-refractivity contribution in [3.63, 3.8) is 0 Å². The first-order valence-corrected chi connectivity index (χ1v) is 7.32. The van der Waals surface area contributed by atoms with Crippen molar-refractivity contribution in [1.29, 1.82) is 0 Å². The van der Waals surface area contributed by atoms with Crippen LogP contribution in [-0.2, 0) is 0 Å². The van der Waals surface area contributed by atoms with Crippen LogP contribution < -0.4 is 4.74 Å². The number of Topliss-reactive ketones (excluding diaryl/α,β-unsaturated/α-hetero) is 1. The molecular weight excluding hydrogens is 248 g/mol. The molecule has 0 saturated heterocycles. The fourth-order valence-electron chi connectivity index (χ4n) is 2.40. The highest BCUT2D eigenvalue weighted by molar-refractivity contribution is 6.03. The van der Waals surface area contributed by atoms with E-state index in [0.717, 1.165) is 29.4 Å². The van der Waals surface area contributed by atoms with Crippen LogP contribution >= 0.6 is 0 Å². The number of rotatable bonds is 6. The molecule has 2 heteroatoms. The van der Waals surface area contributed by atoms with Gasteiger partial charge in [0.2, 0.25) is 0 Å². The van der Waals surface area contributed by atoms with Crippen LogP contribution in [0.4, 0.5) is 0 Å². The van der Waals surface area contributed by atoms with Crippen molar-refractivity contribution >= 4 is 16.6 Å². The molecule has 0 aliphatic heterocycles. The summed E-state index contributed by atoms with van der Waals surface area (Å²) in [5.74, 6) is 1.33. The Kier molecular flexibility index (Phi) is 4.78. The number of hydrogen-bond acceptors (Lipinski definition) is 2. The van der Waals surface area contributed by atoms with Crippen molar-refractivity contribution in [2.45, 2.75) is 33.6 Å². The van der Waals surface area contributed by atoms with Gasteiger partial charge in [0.25, 0.3) is 0 Å². The lowest BCUT2D eigenvalue weighted by Crippen LogP contribution is -2.12. The zero-order valence-corrected chi connectivity index (χ0v) is 12.5. The Morgan fingerprint density at radius 1 is 1.10 bits per heavy atom. The van der Waals surface area contributed by atoms with Crippen LogP contribution in [0, 0.1) is 5.92 Å². The summed E-state index contributed by atoms with van der Waals surface area (Å²) in [6, 6.07) is 11.9. The van der Waals surface area contributed by atoms with Gasteiger partial charge in [-0.2, -0.15) is 0 Å². The molecule has 0 heterocycles. The van der Waals surface area contributed by atoms with Crippen LogP contribution in [0.25, 0.3) is 10.8 Å². The van der Waals surface area contributed by atoms with Gasteiger partial charge in [-0.25, -0.2) is 0 Å². The van der Waals surface area contributed by atoms with Crippen LogP contribution in [0.2, 0.25) is 0 Å². The number of carbonyl (C=O) groups is 1. The van der Waals surface area contributed by atoms with E-state index < -0.39 is 0 Å². The van der Waals surface area contributed by atoms with Crippen molar-refractivity contribution < 1.29 is 9.53 Å². The van der Waals surface area contributed by atoms with E-state index in [1.165, 1.54) is 0 Å². The first-order chi connectivity index (χ1) is 9.67. The van der Waals surface area contributed by atoms with Gasteiger partial charge in [-0.05, 0) is 24.3 Å². The van der Waals surface area contributed by atoms with Crippen molar-refractivity contribution in [3.8, 4) is 5.75 Å². The molecule has 0 fully saturated rings. The summed E-state index contributed by atoms with van der Waals surface area (Å²) in [6.45, 7) is 6.61. The van der Waals surface area contributed by atoms with Crippen molar-refractivity contribution in [1.82, 2.24) is 0 Å². The highest BCUT2D eigenvalue weighted by Crippen LogP contribution is 2.31. The zero-order valence-electron chi connectivity index (χ0n) is 12.5. The molecule has 0 spiro atoms. The van der Waals surface area contributed by atoms with Gasteiger partial charge in [-0.15, -0.1) is 0 Å². The van der Waals surface area contributed by atoms with Gasteiger partial charge in [0.15, 0.2) is 5.78 Å². The molecule has 2 aromatic carbocycles. The number of fused-ring (bicyclic) bond motifs is 1. The van der Waals surface area contributed by atoms with E-state index in [2.05, 4.69) is 13.8 Å².